The van der Waals surface area contributed by atoms with Crippen LogP contribution in [0.15, 0.2) is 39.4 Å². The van der Waals surface area contributed by atoms with Crippen molar-refractivity contribution in [3.05, 3.63) is 47.5 Å². The number of piperidine rings is 1. The molecule has 1 N–H and O–H groups in total. The predicted molar refractivity (Wildman–Crippen MR) is 121 cm³/mol. The summed E-state index contributed by atoms with van der Waals surface area (Å²) in [6.45, 7) is 7.16. The van der Waals surface area contributed by atoms with Crippen LogP contribution >= 0.6 is 0 Å². The van der Waals surface area contributed by atoms with Gasteiger partial charge in [0.1, 0.15) is 5.76 Å². The van der Waals surface area contributed by atoms with Gasteiger partial charge in [0.2, 0.25) is 23.5 Å². The Kier molecular flexibility index (Phi) is 6.86. The van der Waals surface area contributed by atoms with Crippen molar-refractivity contribution in [2.75, 3.05) is 18.4 Å². The van der Waals surface area contributed by atoms with E-state index in [1.807, 2.05) is 12.1 Å². The van der Waals surface area contributed by atoms with Gasteiger partial charge in [-0.2, -0.15) is 4.98 Å². The molecule has 174 valence electrons. The van der Waals surface area contributed by atoms with Gasteiger partial charge in [0.25, 0.3) is 0 Å². The number of anilines is 1. The van der Waals surface area contributed by atoms with Crippen LogP contribution in [0.5, 0.6) is 0 Å². The van der Waals surface area contributed by atoms with E-state index in [0.717, 1.165) is 5.56 Å². The van der Waals surface area contributed by atoms with Crippen molar-refractivity contribution in [3.8, 4) is 11.4 Å². The molecule has 2 aromatic heterocycles. The molecule has 4 rings (SSSR count). The number of benzene rings is 1. The zero-order valence-corrected chi connectivity index (χ0v) is 19.2. The van der Waals surface area contributed by atoms with Gasteiger partial charge in [-0.25, -0.2) is 0 Å². The molecule has 0 aliphatic carbocycles. The maximum absolute atomic E-state index is 12.6. The van der Waals surface area contributed by atoms with E-state index in [9.17, 15) is 9.59 Å². The van der Waals surface area contributed by atoms with Crippen molar-refractivity contribution >= 4 is 17.6 Å². The van der Waals surface area contributed by atoms with Crippen LogP contribution in [0.2, 0.25) is 0 Å². The fourth-order valence-electron chi connectivity index (χ4n) is 3.91. The SMILES string of the molecule is Cc1cc(NC(=O)C2CCN(C(=O)CCc3nc(-c4ccc(C(C)C)cc4)no3)CC2)no1. The van der Waals surface area contributed by atoms with E-state index < -0.39 is 0 Å². The van der Waals surface area contributed by atoms with Gasteiger partial charge in [-0.15, -0.1) is 0 Å². The minimum absolute atomic E-state index is 0.0296. The first-order valence-electron chi connectivity index (χ1n) is 11.3. The minimum Gasteiger partial charge on any atom is -0.360 e. The van der Waals surface area contributed by atoms with Gasteiger partial charge in [-0.1, -0.05) is 48.4 Å². The Morgan fingerprint density at radius 1 is 1.12 bits per heavy atom. The van der Waals surface area contributed by atoms with Crippen LogP contribution in [0.3, 0.4) is 0 Å². The van der Waals surface area contributed by atoms with Gasteiger partial charge in [-0.3, -0.25) is 9.59 Å². The number of hydrogen-bond donors (Lipinski definition) is 1. The van der Waals surface area contributed by atoms with Crippen molar-refractivity contribution in [1.29, 1.82) is 0 Å². The molecule has 2 amide bonds. The molecular formula is C24H29N5O4. The highest BCUT2D eigenvalue weighted by Crippen LogP contribution is 2.22. The number of aromatic nitrogens is 3. The van der Waals surface area contributed by atoms with E-state index in [1.165, 1.54) is 5.56 Å². The molecule has 1 aliphatic heterocycles. The van der Waals surface area contributed by atoms with E-state index in [-0.39, 0.29) is 17.7 Å². The molecule has 9 heteroatoms. The standard InChI is InChI=1S/C24H29N5O4/c1-15(2)17-4-6-18(7-5-17)23-26-21(33-28-23)8-9-22(30)29-12-10-19(11-13-29)24(31)25-20-14-16(3)32-27-20/h4-7,14-15,19H,8-13H2,1-3H3,(H,25,27,31). The summed E-state index contributed by atoms with van der Waals surface area (Å²) in [7, 11) is 0. The summed E-state index contributed by atoms with van der Waals surface area (Å²) in [5.74, 6) is 2.30. The number of aryl methyl sites for hydroxylation is 2. The van der Waals surface area contributed by atoms with Crippen LogP contribution in [0.25, 0.3) is 11.4 Å². The molecule has 9 nitrogen and oxygen atoms in total. The maximum atomic E-state index is 12.6. The van der Waals surface area contributed by atoms with Crippen LogP contribution in [0.1, 0.15) is 56.2 Å². The highest BCUT2D eigenvalue weighted by molar-refractivity contribution is 5.91. The topological polar surface area (TPSA) is 114 Å². The summed E-state index contributed by atoms with van der Waals surface area (Å²) in [4.78, 5) is 31.3. The van der Waals surface area contributed by atoms with Gasteiger partial charge in [0.15, 0.2) is 5.82 Å². The highest BCUT2D eigenvalue weighted by atomic mass is 16.5. The summed E-state index contributed by atoms with van der Waals surface area (Å²) >= 11 is 0. The van der Waals surface area contributed by atoms with Crippen molar-refractivity contribution in [1.82, 2.24) is 20.2 Å². The lowest BCUT2D eigenvalue weighted by Crippen LogP contribution is -2.41. The number of amides is 2. The molecule has 0 unspecified atom stereocenters. The Hall–Kier alpha value is -3.49. The lowest BCUT2D eigenvalue weighted by Gasteiger charge is -2.31. The fraction of sp³-hybridized carbons (Fsp3) is 0.458. The molecule has 33 heavy (non-hydrogen) atoms. The number of nitrogens with one attached hydrogen (secondary N) is 1. The zero-order valence-electron chi connectivity index (χ0n) is 19.2. The number of carbonyl (C=O) groups excluding carboxylic acids is 2. The fourth-order valence-corrected chi connectivity index (χ4v) is 3.91. The van der Waals surface area contributed by atoms with Gasteiger partial charge >= 0.3 is 0 Å². The zero-order chi connectivity index (χ0) is 23.4. The lowest BCUT2D eigenvalue weighted by atomic mass is 9.95. The van der Waals surface area contributed by atoms with Gasteiger partial charge in [-0.05, 0) is 31.2 Å². The van der Waals surface area contributed by atoms with E-state index in [2.05, 4.69) is 46.6 Å². The molecule has 0 saturated carbocycles. The smallest absolute Gasteiger partial charge is 0.228 e. The van der Waals surface area contributed by atoms with Gasteiger partial charge < -0.3 is 19.3 Å². The third-order valence-corrected chi connectivity index (χ3v) is 5.95. The summed E-state index contributed by atoms with van der Waals surface area (Å²) < 4.78 is 10.3. The normalized spacial score (nSPS) is 14.6. The average molecular weight is 452 g/mol. The van der Waals surface area contributed by atoms with Crippen molar-refractivity contribution in [2.45, 2.75) is 52.4 Å². The molecule has 0 radical (unpaired) electrons. The molecule has 0 bridgehead atoms. The molecule has 3 aromatic rings. The Morgan fingerprint density at radius 3 is 2.48 bits per heavy atom. The van der Waals surface area contributed by atoms with Gasteiger partial charge in [0, 0.05) is 43.5 Å². The van der Waals surface area contributed by atoms with Crippen molar-refractivity contribution in [3.63, 3.8) is 0 Å². The van der Waals surface area contributed by atoms with Crippen molar-refractivity contribution in [2.24, 2.45) is 5.92 Å². The largest absolute Gasteiger partial charge is 0.360 e. The molecule has 0 atom stereocenters. The van der Waals surface area contributed by atoms with Crippen LogP contribution in [-0.4, -0.2) is 45.1 Å². The van der Waals surface area contributed by atoms with E-state index in [4.69, 9.17) is 9.05 Å². The quantitative estimate of drug-likeness (QED) is 0.578. The molecule has 3 heterocycles. The molecular weight excluding hydrogens is 422 g/mol. The number of rotatable bonds is 7. The first-order valence-corrected chi connectivity index (χ1v) is 11.3. The summed E-state index contributed by atoms with van der Waals surface area (Å²) in [6.07, 6.45) is 1.92. The van der Waals surface area contributed by atoms with Crippen LogP contribution < -0.4 is 5.32 Å². The first-order chi connectivity index (χ1) is 15.9. The highest BCUT2D eigenvalue weighted by Gasteiger charge is 2.28. The Labute approximate surface area is 192 Å². The third-order valence-electron chi connectivity index (χ3n) is 5.95. The predicted octanol–water partition coefficient (Wildman–Crippen LogP) is 3.97. The Morgan fingerprint density at radius 2 is 1.85 bits per heavy atom. The van der Waals surface area contributed by atoms with Crippen LogP contribution in [0.4, 0.5) is 5.82 Å². The van der Waals surface area contributed by atoms with Crippen LogP contribution in [0, 0.1) is 12.8 Å². The van der Waals surface area contributed by atoms with E-state index in [1.54, 1.807) is 17.9 Å². The maximum Gasteiger partial charge on any atom is 0.228 e. The number of carbonyl (C=O) groups is 2. The first kappa shape index (κ1) is 22.7. The molecule has 1 aliphatic rings. The summed E-state index contributed by atoms with van der Waals surface area (Å²) in [5, 5.41) is 10.6. The molecule has 0 spiro atoms. The number of nitrogens with zero attached hydrogens (tertiary/aromatic N) is 4. The number of hydrogen-bond acceptors (Lipinski definition) is 7. The average Bonchev–Trinajstić information content (AvgIpc) is 3.46. The lowest BCUT2D eigenvalue weighted by molar-refractivity contribution is -0.134. The second kappa shape index (κ2) is 9.97. The molecule has 1 saturated heterocycles. The molecule has 1 aromatic carbocycles. The van der Waals surface area contributed by atoms with Crippen LogP contribution in [-0.2, 0) is 16.0 Å². The second-order valence-electron chi connectivity index (χ2n) is 8.76. The van der Waals surface area contributed by atoms with E-state index in [0.29, 0.717) is 68.0 Å². The Balaban J connectivity index is 1.23. The second-order valence-corrected chi connectivity index (χ2v) is 8.76. The van der Waals surface area contributed by atoms with E-state index >= 15 is 0 Å². The summed E-state index contributed by atoms with van der Waals surface area (Å²) in [6, 6.07) is 9.78. The molecule has 1 fully saturated rings. The monoisotopic (exact) mass is 451 g/mol. The van der Waals surface area contributed by atoms with Crippen molar-refractivity contribution < 1.29 is 18.6 Å². The number of likely N-dealkylation sites (tertiary alicyclic amines) is 1. The summed E-state index contributed by atoms with van der Waals surface area (Å²) in [5.41, 5.74) is 2.14. The van der Waals surface area contributed by atoms with Gasteiger partial charge in [0.05, 0.1) is 0 Å². The minimum atomic E-state index is -0.147. The Bertz CT molecular complexity index is 1090. The third kappa shape index (κ3) is 5.66.